The third kappa shape index (κ3) is 2.65. The molecule has 3 aromatic rings. The van der Waals surface area contributed by atoms with Crippen molar-refractivity contribution >= 4 is 0 Å². The number of pyridine rings is 1. The lowest BCUT2D eigenvalue weighted by molar-refractivity contribution is 0.276. The summed E-state index contributed by atoms with van der Waals surface area (Å²) in [7, 11) is 0. The standard InChI is InChI=1S/C19H14FNO3/c20-14-6-7-16-18(8-14)24-12-15-9-17(22)19(10-21(15)16)23-11-13-4-2-1-3-5-13/h1-10H,11-12H2. The SMILES string of the molecule is O=c1cc2n(cc1OCc1ccccc1)-c1ccc(F)cc1OC2. The molecule has 1 aliphatic heterocycles. The largest absolute Gasteiger partial charge is 0.485 e. The van der Waals surface area contributed by atoms with Crippen LogP contribution in [0.15, 0.2) is 65.6 Å². The number of halogens is 1. The molecule has 0 amide bonds. The fraction of sp³-hybridized carbons (Fsp3) is 0.105. The minimum Gasteiger partial charge on any atom is -0.485 e. The zero-order valence-corrected chi connectivity index (χ0v) is 12.7. The molecule has 4 rings (SSSR count). The Kier molecular flexibility index (Phi) is 3.54. The van der Waals surface area contributed by atoms with Crippen molar-refractivity contribution in [3.63, 3.8) is 0 Å². The molecule has 1 aromatic heterocycles. The van der Waals surface area contributed by atoms with Crippen LogP contribution in [0.25, 0.3) is 5.69 Å². The van der Waals surface area contributed by atoms with Crippen molar-refractivity contribution in [1.29, 1.82) is 0 Å². The van der Waals surface area contributed by atoms with Crippen LogP contribution in [-0.4, -0.2) is 4.57 Å². The molecule has 1 aliphatic rings. The van der Waals surface area contributed by atoms with E-state index in [9.17, 15) is 9.18 Å². The maximum atomic E-state index is 13.4. The molecule has 2 heterocycles. The Bertz CT molecular complexity index is 951. The van der Waals surface area contributed by atoms with E-state index in [0.717, 1.165) is 5.56 Å². The van der Waals surface area contributed by atoms with E-state index in [4.69, 9.17) is 9.47 Å². The first-order valence-electron chi connectivity index (χ1n) is 7.56. The Morgan fingerprint density at radius 2 is 1.96 bits per heavy atom. The second-order valence-corrected chi connectivity index (χ2v) is 5.54. The minimum atomic E-state index is -0.362. The highest BCUT2D eigenvalue weighted by Crippen LogP contribution is 2.30. The highest BCUT2D eigenvalue weighted by molar-refractivity contribution is 5.50. The number of aromatic nitrogens is 1. The molecule has 4 nitrogen and oxygen atoms in total. The van der Waals surface area contributed by atoms with Crippen LogP contribution in [0, 0.1) is 5.82 Å². The fourth-order valence-electron chi connectivity index (χ4n) is 2.69. The summed E-state index contributed by atoms with van der Waals surface area (Å²) in [6.07, 6.45) is 1.64. The number of benzene rings is 2. The second-order valence-electron chi connectivity index (χ2n) is 5.54. The van der Waals surface area contributed by atoms with E-state index in [1.807, 2.05) is 30.3 Å². The Morgan fingerprint density at radius 1 is 1.12 bits per heavy atom. The van der Waals surface area contributed by atoms with Gasteiger partial charge in [-0.2, -0.15) is 0 Å². The van der Waals surface area contributed by atoms with Gasteiger partial charge in [0, 0.05) is 12.1 Å². The summed E-state index contributed by atoms with van der Waals surface area (Å²) < 4.78 is 26.4. The van der Waals surface area contributed by atoms with Gasteiger partial charge in [0.1, 0.15) is 24.8 Å². The molecular weight excluding hydrogens is 309 g/mol. The predicted molar refractivity (Wildman–Crippen MR) is 87.1 cm³/mol. The molecule has 0 saturated heterocycles. The molecule has 0 bridgehead atoms. The van der Waals surface area contributed by atoms with Crippen molar-refractivity contribution in [3.05, 3.63) is 88.1 Å². The summed E-state index contributed by atoms with van der Waals surface area (Å²) in [5.41, 5.74) is 2.16. The van der Waals surface area contributed by atoms with Crippen molar-refractivity contribution in [3.8, 4) is 17.2 Å². The summed E-state index contributed by atoms with van der Waals surface area (Å²) in [4.78, 5) is 12.2. The molecule has 5 heteroatoms. The van der Waals surface area contributed by atoms with E-state index in [1.165, 1.54) is 18.2 Å². The van der Waals surface area contributed by atoms with Gasteiger partial charge in [-0.25, -0.2) is 4.39 Å². The predicted octanol–water partition coefficient (Wildman–Crippen LogP) is 3.45. The molecule has 0 unspecified atom stereocenters. The monoisotopic (exact) mass is 323 g/mol. The van der Waals surface area contributed by atoms with E-state index in [0.29, 0.717) is 23.7 Å². The molecule has 0 aliphatic carbocycles. The quantitative estimate of drug-likeness (QED) is 0.741. The third-order valence-corrected chi connectivity index (χ3v) is 3.89. The van der Waals surface area contributed by atoms with E-state index in [1.54, 1.807) is 16.8 Å². The molecule has 0 radical (unpaired) electrons. The van der Waals surface area contributed by atoms with Crippen molar-refractivity contribution in [1.82, 2.24) is 4.57 Å². The summed E-state index contributed by atoms with van der Waals surface area (Å²) in [5, 5.41) is 0. The average molecular weight is 323 g/mol. The first-order valence-corrected chi connectivity index (χ1v) is 7.56. The van der Waals surface area contributed by atoms with Gasteiger partial charge in [-0.05, 0) is 17.7 Å². The number of rotatable bonds is 3. The lowest BCUT2D eigenvalue weighted by Gasteiger charge is -2.23. The van der Waals surface area contributed by atoms with Gasteiger partial charge in [0.25, 0.3) is 0 Å². The zero-order valence-electron chi connectivity index (χ0n) is 12.7. The maximum absolute atomic E-state index is 13.4. The van der Waals surface area contributed by atoms with Gasteiger partial charge in [-0.15, -0.1) is 0 Å². The minimum absolute atomic E-state index is 0.202. The number of hydrogen-bond acceptors (Lipinski definition) is 3. The van der Waals surface area contributed by atoms with Crippen LogP contribution in [0.4, 0.5) is 4.39 Å². The Hall–Kier alpha value is -3.08. The van der Waals surface area contributed by atoms with Gasteiger partial charge in [0.15, 0.2) is 5.75 Å². The van der Waals surface area contributed by atoms with Gasteiger partial charge < -0.3 is 14.0 Å². The summed E-state index contributed by atoms with van der Waals surface area (Å²) in [6.45, 7) is 0.521. The topological polar surface area (TPSA) is 40.5 Å². The summed E-state index contributed by atoms with van der Waals surface area (Å²) in [5.74, 6) is 0.332. The number of ether oxygens (including phenoxy) is 2. The van der Waals surface area contributed by atoms with Crippen molar-refractivity contribution in [2.75, 3.05) is 0 Å². The Morgan fingerprint density at radius 3 is 2.79 bits per heavy atom. The third-order valence-electron chi connectivity index (χ3n) is 3.89. The van der Waals surface area contributed by atoms with Crippen LogP contribution in [-0.2, 0) is 13.2 Å². The van der Waals surface area contributed by atoms with Gasteiger partial charge in [0.05, 0.1) is 17.6 Å². The highest BCUT2D eigenvalue weighted by Gasteiger charge is 2.18. The van der Waals surface area contributed by atoms with E-state index >= 15 is 0 Å². The first-order chi connectivity index (χ1) is 11.7. The fourth-order valence-corrected chi connectivity index (χ4v) is 2.69. The van der Waals surface area contributed by atoms with Crippen molar-refractivity contribution in [2.45, 2.75) is 13.2 Å². The smallest absolute Gasteiger partial charge is 0.223 e. The first kappa shape index (κ1) is 14.5. The summed E-state index contributed by atoms with van der Waals surface area (Å²) >= 11 is 0. The normalized spacial score (nSPS) is 12.0. The second kappa shape index (κ2) is 5.85. The maximum Gasteiger partial charge on any atom is 0.223 e. The van der Waals surface area contributed by atoms with Crippen molar-refractivity contribution in [2.24, 2.45) is 0 Å². The zero-order chi connectivity index (χ0) is 16.5. The van der Waals surface area contributed by atoms with Gasteiger partial charge in [-0.3, -0.25) is 4.79 Å². The Balaban J connectivity index is 1.69. The van der Waals surface area contributed by atoms with Crippen LogP contribution < -0.4 is 14.9 Å². The van der Waals surface area contributed by atoms with E-state index in [-0.39, 0.29) is 23.6 Å². The number of hydrogen-bond donors (Lipinski definition) is 0. The van der Waals surface area contributed by atoms with Gasteiger partial charge >= 0.3 is 0 Å². The Labute approximate surface area is 137 Å². The van der Waals surface area contributed by atoms with Crippen LogP contribution >= 0.6 is 0 Å². The molecule has 0 fully saturated rings. The van der Waals surface area contributed by atoms with Crippen LogP contribution in [0.2, 0.25) is 0 Å². The molecule has 0 saturated carbocycles. The lowest BCUT2D eigenvalue weighted by Crippen LogP contribution is -2.19. The van der Waals surface area contributed by atoms with E-state index < -0.39 is 0 Å². The highest BCUT2D eigenvalue weighted by atomic mass is 19.1. The molecule has 0 atom stereocenters. The van der Waals surface area contributed by atoms with Crippen LogP contribution in [0.5, 0.6) is 11.5 Å². The van der Waals surface area contributed by atoms with Gasteiger partial charge in [0.2, 0.25) is 5.43 Å². The van der Waals surface area contributed by atoms with Crippen molar-refractivity contribution < 1.29 is 13.9 Å². The van der Waals surface area contributed by atoms with Gasteiger partial charge in [-0.1, -0.05) is 30.3 Å². The number of fused-ring (bicyclic) bond motifs is 3. The lowest BCUT2D eigenvalue weighted by atomic mass is 10.2. The van der Waals surface area contributed by atoms with Crippen LogP contribution in [0.3, 0.4) is 0 Å². The molecule has 2 aromatic carbocycles. The van der Waals surface area contributed by atoms with E-state index in [2.05, 4.69) is 0 Å². The average Bonchev–Trinajstić information content (AvgIpc) is 2.60. The molecule has 0 spiro atoms. The molecule has 0 N–H and O–H groups in total. The summed E-state index contributed by atoms with van der Waals surface area (Å²) in [6, 6.07) is 15.4. The molecule has 24 heavy (non-hydrogen) atoms. The molecular formula is C19H14FNO3. The molecule has 120 valence electrons. The van der Waals surface area contributed by atoms with Crippen LogP contribution in [0.1, 0.15) is 11.3 Å². The number of nitrogens with zero attached hydrogens (tertiary/aromatic N) is 1.